The Morgan fingerprint density at radius 2 is 2.38 bits per heavy atom. The summed E-state index contributed by atoms with van der Waals surface area (Å²) in [6.07, 6.45) is 4.61. The molecular weight excluding hydrogens is 102 g/mol. The fraction of sp³-hybridized carbons (Fsp3) is 0.500. The number of carbonyl (C=O) groups is 1. The average Bonchev–Trinajstić information content (AvgIpc) is 1.66. The van der Waals surface area contributed by atoms with Crippen LogP contribution in [0, 0.1) is 0 Å². The average molecular weight is 113 g/mol. The van der Waals surface area contributed by atoms with Crippen LogP contribution in [0.3, 0.4) is 0 Å². The maximum Gasteiger partial charge on any atom is 0.130 e. The van der Waals surface area contributed by atoms with Crippen molar-refractivity contribution in [2.45, 2.75) is 19.8 Å². The summed E-state index contributed by atoms with van der Waals surface area (Å²) in [7, 11) is 0. The molecule has 0 rings (SSSR count). The highest BCUT2D eigenvalue weighted by Crippen LogP contribution is 1.89. The minimum atomic E-state index is 0.211. The zero-order valence-electron chi connectivity index (χ0n) is 5.05. The van der Waals surface area contributed by atoms with E-state index in [2.05, 4.69) is 0 Å². The van der Waals surface area contributed by atoms with Crippen LogP contribution in [0.15, 0.2) is 12.3 Å². The van der Waals surface area contributed by atoms with Gasteiger partial charge in [-0.2, -0.15) is 0 Å². The van der Waals surface area contributed by atoms with Crippen molar-refractivity contribution in [1.82, 2.24) is 0 Å². The van der Waals surface area contributed by atoms with Crippen molar-refractivity contribution in [2.75, 3.05) is 0 Å². The van der Waals surface area contributed by atoms with Crippen LogP contribution < -0.4 is 5.73 Å². The first kappa shape index (κ1) is 7.21. The summed E-state index contributed by atoms with van der Waals surface area (Å²) in [4.78, 5) is 10.2. The second-order valence-electron chi connectivity index (χ2n) is 1.67. The molecule has 8 heavy (non-hydrogen) atoms. The molecule has 0 aliphatic rings. The van der Waals surface area contributed by atoms with Crippen LogP contribution in [0.2, 0.25) is 0 Å². The summed E-state index contributed by atoms with van der Waals surface area (Å²) in [5.41, 5.74) is 5.02. The second-order valence-corrected chi connectivity index (χ2v) is 1.67. The number of rotatable bonds is 3. The lowest BCUT2D eigenvalue weighted by Crippen LogP contribution is -1.87. The maximum atomic E-state index is 10.2. The number of allylic oxidation sites excluding steroid dienone is 1. The molecule has 2 N–H and O–H groups in total. The van der Waals surface area contributed by atoms with E-state index in [-0.39, 0.29) is 5.78 Å². The Bertz CT molecular complexity index is 96.7. The molecule has 0 bridgehead atoms. The molecule has 0 heterocycles. The highest BCUT2D eigenvalue weighted by Gasteiger charge is 1.86. The van der Waals surface area contributed by atoms with Crippen molar-refractivity contribution in [2.24, 2.45) is 5.73 Å². The first-order valence-electron chi connectivity index (χ1n) is 2.63. The Balaban J connectivity index is 3.05. The molecule has 0 atom stereocenters. The number of nitrogens with two attached hydrogens (primary N) is 1. The molecule has 0 radical (unpaired) electrons. The Morgan fingerprint density at radius 3 is 2.75 bits per heavy atom. The van der Waals surface area contributed by atoms with Crippen molar-refractivity contribution in [3.63, 3.8) is 0 Å². The van der Waals surface area contributed by atoms with Crippen LogP contribution in [-0.2, 0) is 4.79 Å². The molecule has 46 valence electrons. The van der Waals surface area contributed by atoms with Gasteiger partial charge in [-0.3, -0.25) is 0 Å². The van der Waals surface area contributed by atoms with Gasteiger partial charge in [0.25, 0.3) is 0 Å². The number of carbonyl (C=O) groups excluding carboxylic acids is 1. The summed E-state index contributed by atoms with van der Waals surface area (Å²) in [6, 6.07) is 0. The third kappa shape index (κ3) is 5.21. The summed E-state index contributed by atoms with van der Waals surface area (Å²) in [5, 5.41) is 0. The van der Waals surface area contributed by atoms with Gasteiger partial charge in [-0.15, -0.1) is 0 Å². The lowest BCUT2D eigenvalue weighted by atomic mass is 10.2. The van der Waals surface area contributed by atoms with Gasteiger partial charge >= 0.3 is 0 Å². The van der Waals surface area contributed by atoms with Crippen LogP contribution in [0.4, 0.5) is 0 Å². The van der Waals surface area contributed by atoms with Crippen molar-refractivity contribution in [1.29, 1.82) is 0 Å². The van der Waals surface area contributed by atoms with Crippen LogP contribution in [0.1, 0.15) is 19.8 Å². The highest BCUT2D eigenvalue weighted by molar-refractivity contribution is 5.75. The fourth-order valence-electron chi connectivity index (χ4n) is 0.383. The van der Waals surface area contributed by atoms with E-state index in [1.807, 2.05) is 0 Å². The van der Waals surface area contributed by atoms with E-state index in [0.717, 1.165) is 6.42 Å². The van der Waals surface area contributed by atoms with Gasteiger partial charge in [-0.1, -0.05) is 6.08 Å². The first-order chi connectivity index (χ1) is 3.77. The van der Waals surface area contributed by atoms with Crippen molar-refractivity contribution < 1.29 is 4.79 Å². The van der Waals surface area contributed by atoms with Gasteiger partial charge in [0.15, 0.2) is 0 Å². The van der Waals surface area contributed by atoms with Crippen LogP contribution >= 0.6 is 0 Å². The van der Waals surface area contributed by atoms with Crippen molar-refractivity contribution in [3.05, 3.63) is 12.3 Å². The van der Waals surface area contributed by atoms with E-state index in [4.69, 9.17) is 5.73 Å². The smallest absolute Gasteiger partial charge is 0.130 e. The zero-order chi connectivity index (χ0) is 6.41. The Labute approximate surface area is 49.4 Å². The van der Waals surface area contributed by atoms with E-state index in [1.165, 1.54) is 6.20 Å². The number of ketones is 1. The summed E-state index contributed by atoms with van der Waals surface area (Å²) in [6.45, 7) is 1.57. The normalized spacial score (nSPS) is 10.1. The van der Waals surface area contributed by atoms with Gasteiger partial charge in [0.1, 0.15) is 5.78 Å². The predicted molar refractivity (Wildman–Crippen MR) is 33.2 cm³/mol. The Morgan fingerprint density at radius 1 is 1.75 bits per heavy atom. The summed E-state index contributed by atoms with van der Waals surface area (Å²) < 4.78 is 0. The quantitative estimate of drug-likeness (QED) is 0.589. The van der Waals surface area contributed by atoms with E-state index in [0.29, 0.717) is 6.42 Å². The molecular formula is C6H11NO. The molecule has 0 amide bonds. The highest BCUT2D eigenvalue weighted by atomic mass is 16.1. The first-order valence-corrected chi connectivity index (χ1v) is 2.63. The lowest BCUT2D eigenvalue weighted by Gasteiger charge is -1.84. The van der Waals surface area contributed by atoms with E-state index in [1.54, 1.807) is 13.0 Å². The molecule has 0 aliphatic heterocycles. The number of Topliss-reactive ketones (excluding diaryl/α,β-unsaturated/α-hetero) is 1. The predicted octanol–water partition coefficient (Wildman–Crippen LogP) is 0.828. The SMILES string of the molecule is CC(=O)CCC=CN. The zero-order valence-corrected chi connectivity index (χ0v) is 5.05. The van der Waals surface area contributed by atoms with Gasteiger partial charge < -0.3 is 10.5 Å². The second kappa shape index (κ2) is 4.37. The van der Waals surface area contributed by atoms with E-state index < -0.39 is 0 Å². The monoisotopic (exact) mass is 113 g/mol. The van der Waals surface area contributed by atoms with Gasteiger partial charge in [0.2, 0.25) is 0 Å². The molecule has 0 aliphatic carbocycles. The summed E-state index contributed by atoms with van der Waals surface area (Å²) >= 11 is 0. The number of hydrogen-bond donors (Lipinski definition) is 1. The third-order valence-electron chi connectivity index (χ3n) is 0.799. The minimum Gasteiger partial charge on any atom is -0.405 e. The molecule has 0 saturated carbocycles. The fourth-order valence-corrected chi connectivity index (χ4v) is 0.383. The molecule has 0 aromatic rings. The van der Waals surface area contributed by atoms with E-state index >= 15 is 0 Å². The lowest BCUT2D eigenvalue weighted by molar-refractivity contribution is -0.116. The molecule has 0 spiro atoms. The van der Waals surface area contributed by atoms with Crippen LogP contribution in [0.25, 0.3) is 0 Å². The number of hydrogen-bond acceptors (Lipinski definition) is 2. The summed E-state index contributed by atoms with van der Waals surface area (Å²) in [5.74, 6) is 0.211. The van der Waals surface area contributed by atoms with Crippen LogP contribution in [-0.4, -0.2) is 5.78 Å². The van der Waals surface area contributed by atoms with E-state index in [9.17, 15) is 4.79 Å². The van der Waals surface area contributed by atoms with Gasteiger partial charge in [0.05, 0.1) is 0 Å². The van der Waals surface area contributed by atoms with Gasteiger partial charge in [-0.05, 0) is 19.5 Å². The van der Waals surface area contributed by atoms with Gasteiger partial charge in [0, 0.05) is 6.42 Å². The topological polar surface area (TPSA) is 43.1 Å². The molecule has 0 aromatic carbocycles. The molecule has 2 nitrogen and oxygen atoms in total. The van der Waals surface area contributed by atoms with Crippen molar-refractivity contribution >= 4 is 5.78 Å². The van der Waals surface area contributed by atoms with Crippen molar-refractivity contribution in [3.8, 4) is 0 Å². The third-order valence-corrected chi connectivity index (χ3v) is 0.799. The standard InChI is InChI=1S/C6H11NO/c1-6(8)4-2-3-5-7/h3,5H,2,4,7H2,1H3. The molecule has 0 unspecified atom stereocenters. The maximum absolute atomic E-state index is 10.2. The Kier molecular flexibility index (Phi) is 3.94. The van der Waals surface area contributed by atoms with Crippen LogP contribution in [0.5, 0.6) is 0 Å². The van der Waals surface area contributed by atoms with Gasteiger partial charge in [-0.25, -0.2) is 0 Å². The minimum absolute atomic E-state index is 0.211. The molecule has 2 heteroatoms. The Hall–Kier alpha value is -0.790. The molecule has 0 fully saturated rings. The molecule has 0 aromatic heterocycles. The largest absolute Gasteiger partial charge is 0.405 e. The molecule has 0 saturated heterocycles.